The maximum absolute atomic E-state index is 12.1. The third kappa shape index (κ3) is 8.80. The van der Waals surface area contributed by atoms with Gasteiger partial charge in [-0.3, -0.25) is 0 Å². The van der Waals surface area contributed by atoms with Crippen molar-refractivity contribution in [3.05, 3.63) is 23.9 Å². The largest absolute Gasteiger partial charge is 0.444 e. The molecule has 9 nitrogen and oxygen atoms in total. The molecular weight excluding hydrogens is 533 g/mol. The van der Waals surface area contributed by atoms with Gasteiger partial charge >= 0.3 is 6.09 Å². The summed E-state index contributed by atoms with van der Waals surface area (Å²) in [5, 5.41) is 6.37. The molecule has 2 fully saturated rings. The van der Waals surface area contributed by atoms with Crippen LogP contribution in [0.25, 0.3) is 0 Å². The maximum atomic E-state index is 12.1. The molecule has 10 heteroatoms. The summed E-state index contributed by atoms with van der Waals surface area (Å²) in [5.74, 6) is 1.90. The quantitative estimate of drug-likeness (QED) is 0.318. The molecule has 186 valence electrons. The van der Waals surface area contributed by atoms with Gasteiger partial charge in [-0.2, -0.15) is 0 Å². The number of nitrogens with one attached hydrogen (secondary N) is 2. The number of carbonyl (C=O) groups excluding carboxylic acids is 1. The Balaban J connectivity index is 0.00000385. The van der Waals surface area contributed by atoms with Crippen LogP contribution in [0.5, 0.6) is 0 Å². The van der Waals surface area contributed by atoms with Gasteiger partial charge < -0.3 is 30.1 Å². The van der Waals surface area contributed by atoms with Crippen LogP contribution in [0, 0.1) is 0 Å². The second-order valence-electron chi connectivity index (χ2n) is 9.56. The summed E-state index contributed by atoms with van der Waals surface area (Å²) in [5.41, 5.74) is 0.652. The zero-order valence-electron chi connectivity index (χ0n) is 20.6. The summed E-state index contributed by atoms with van der Waals surface area (Å²) in [6.45, 7) is 14.7. The zero-order chi connectivity index (χ0) is 23.1. The lowest BCUT2D eigenvalue weighted by molar-refractivity contribution is 0.0507. The first-order valence-electron chi connectivity index (χ1n) is 11.6. The number of carbonyl (C=O) groups is 1. The first kappa shape index (κ1) is 27.4. The predicted molar refractivity (Wildman–Crippen MR) is 144 cm³/mol. The van der Waals surface area contributed by atoms with Gasteiger partial charge in [0.1, 0.15) is 11.4 Å². The van der Waals surface area contributed by atoms with Gasteiger partial charge in [0, 0.05) is 52.0 Å². The zero-order valence-corrected chi connectivity index (χ0v) is 23.0. The number of anilines is 1. The van der Waals surface area contributed by atoms with Gasteiger partial charge in [-0.25, -0.2) is 14.8 Å². The molecule has 2 saturated heterocycles. The summed E-state index contributed by atoms with van der Waals surface area (Å²) in [6, 6.07) is 4.23. The number of ether oxygens (including phenoxy) is 1. The summed E-state index contributed by atoms with van der Waals surface area (Å²) in [6.07, 6.45) is 2.38. The maximum Gasteiger partial charge on any atom is 0.407 e. The van der Waals surface area contributed by atoms with Crippen LogP contribution in [-0.4, -0.2) is 91.3 Å². The molecule has 2 N–H and O–H groups in total. The highest BCUT2D eigenvalue weighted by atomic mass is 127. The van der Waals surface area contributed by atoms with Gasteiger partial charge in [0.05, 0.1) is 12.6 Å². The second-order valence-corrected chi connectivity index (χ2v) is 9.56. The standard InChI is InChI=1S/C23H39N7O2.HI/c1-6-24-21(30-10-8-19(17-30)27-22(31)32-23(2,3)4)26-16-18-7-9-25-20(15-18)29-13-11-28(5)12-14-29;/h7,9,15,19H,6,8,10-14,16-17H2,1-5H3,(H,24,26)(H,27,31);1H. The smallest absolute Gasteiger partial charge is 0.407 e. The molecule has 0 spiro atoms. The second kappa shape index (κ2) is 12.6. The summed E-state index contributed by atoms with van der Waals surface area (Å²) in [4.78, 5) is 28.4. The number of halogens is 1. The minimum absolute atomic E-state index is 0. The number of pyridine rings is 1. The van der Waals surface area contributed by atoms with E-state index in [2.05, 4.69) is 50.4 Å². The van der Waals surface area contributed by atoms with E-state index < -0.39 is 5.60 Å². The fraction of sp³-hybridized carbons (Fsp3) is 0.696. The van der Waals surface area contributed by atoms with Crippen LogP contribution in [0.2, 0.25) is 0 Å². The van der Waals surface area contributed by atoms with Crippen molar-refractivity contribution < 1.29 is 9.53 Å². The normalized spacial score (nSPS) is 19.8. The highest BCUT2D eigenvalue weighted by Gasteiger charge is 2.28. The van der Waals surface area contributed by atoms with Crippen molar-refractivity contribution in [2.24, 2.45) is 4.99 Å². The molecule has 0 aliphatic carbocycles. The number of alkyl carbamates (subject to hydrolysis) is 1. The Morgan fingerprint density at radius 1 is 1.24 bits per heavy atom. The molecule has 1 unspecified atom stereocenters. The number of aromatic nitrogens is 1. The average molecular weight is 574 g/mol. The van der Waals surface area contributed by atoms with Crippen molar-refractivity contribution in [3.63, 3.8) is 0 Å². The lowest BCUT2D eigenvalue weighted by atomic mass is 10.2. The molecule has 1 aromatic heterocycles. The number of amides is 1. The van der Waals surface area contributed by atoms with E-state index in [1.807, 2.05) is 33.0 Å². The lowest BCUT2D eigenvalue weighted by Gasteiger charge is -2.33. The van der Waals surface area contributed by atoms with Crippen molar-refractivity contribution in [3.8, 4) is 0 Å². The number of aliphatic imine (C=N–C) groups is 1. The summed E-state index contributed by atoms with van der Waals surface area (Å²) >= 11 is 0. The summed E-state index contributed by atoms with van der Waals surface area (Å²) in [7, 11) is 2.16. The number of likely N-dealkylation sites (N-methyl/N-ethyl adjacent to an activating group) is 1. The Labute approximate surface area is 215 Å². The van der Waals surface area contributed by atoms with Crippen molar-refractivity contribution in [2.45, 2.75) is 52.3 Å². The van der Waals surface area contributed by atoms with Gasteiger partial charge in [0.25, 0.3) is 0 Å². The van der Waals surface area contributed by atoms with Crippen LogP contribution in [-0.2, 0) is 11.3 Å². The molecule has 2 aliphatic rings. The van der Waals surface area contributed by atoms with Crippen LogP contribution >= 0.6 is 24.0 Å². The highest BCUT2D eigenvalue weighted by molar-refractivity contribution is 14.0. The Morgan fingerprint density at radius 2 is 1.97 bits per heavy atom. The fourth-order valence-electron chi connectivity index (χ4n) is 3.90. The third-order valence-corrected chi connectivity index (χ3v) is 5.59. The van der Waals surface area contributed by atoms with E-state index in [1.54, 1.807) is 0 Å². The number of piperazine rings is 1. The molecule has 3 rings (SSSR count). The molecule has 0 saturated carbocycles. The number of hydrogen-bond acceptors (Lipinski definition) is 6. The minimum atomic E-state index is -0.494. The fourth-order valence-corrected chi connectivity index (χ4v) is 3.90. The number of rotatable bonds is 5. The van der Waals surface area contributed by atoms with Crippen LogP contribution in [0.1, 0.15) is 39.7 Å². The van der Waals surface area contributed by atoms with Crippen molar-refractivity contribution in [2.75, 3.05) is 57.8 Å². The van der Waals surface area contributed by atoms with E-state index >= 15 is 0 Å². The van der Waals surface area contributed by atoms with Crippen molar-refractivity contribution in [1.82, 2.24) is 25.4 Å². The first-order valence-corrected chi connectivity index (χ1v) is 11.6. The third-order valence-electron chi connectivity index (χ3n) is 5.59. The van der Waals surface area contributed by atoms with Gasteiger partial charge in [0.15, 0.2) is 5.96 Å². The molecule has 2 aliphatic heterocycles. The van der Waals surface area contributed by atoms with Gasteiger partial charge in [0.2, 0.25) is 0 Å². The Hall–Kier alpha value is -1.82. The van der Waals surface area contributed by atoms with E-state index in [0.717, 1.165) is 63.0 Å². The average Bonchev–Trinajstić information content (AvgIpc) is 3.18. The Bertz CT molecular complexity index is 791. The molecule has 33 heavy (non-hydrogen) atoms. The topological polar surface area (TPSA) is 85.3 Å². The molecule has 3 heterocycles. The van der Waals surface area contributed by atoms with Crippen LogP contribution in [0.15, 0.2) is 23.3 Å². The number of nitrogens with zero attached hydrogens (tertiary/aromatic N) is 5. The Kier molecular flexibility index (Phi) is 10.5. The lowest BCUT2D eigenvalue weighted by Crippen LogP contribution is -2.44. The minimum Gasteiger partial charge on any atom is -0.444 e. The molecule has 0 bridgehead atoms. The first-order chi connectivity index (χ1) is 15.2. The van der Waals surface area contributed by atoms with E-state index in [9.17, 15) is 4.79 Å². The molecule has 1 amide bonds. The molecule has 0 radical (unpaired) electrons. The van der Waals surface area contributed by atoms with E-state index in [1.165, 1.54) is 0 Å². The van der Waals surface area contributed by atoms with E-state index in [0.29, 0.717) is 13.1 Å². The predicted octanol–water partition coefficient (Wildman–Crippen LogP) is 2.52. The molecule has 1 atom stereocenters. The SMILES string of the molecule is CCNC(=NCc1ccnc(N2CCN(C)CC2)c1)N1CCC(NC(=O)OC(C)(C)C)C1.I. The van der Waals surface area contributed by atoms with Crippen molar-refractivity contribution >= 4 is 41.8 Å². The monoisotopic (exact) mass is 573 g/mol. The molecule has 1 aromatic rings. The van der Waals surface area contributed by atoms with Gasteiger partial charge in [-0.1, -0.05) is 0 Å². The highest BCUT2D eigenvalue weighted by Crippen LogP contribution is 2.16. The Morgan fingerprint density at radius 3 is 2.64 bits per heavy atom. The van der Waals surface area contributed by atoms with E-state index in [-0.39, 0.29) is 36.1 Å². The van der Waals surface area contributed by atoms with Gasteiger partial charge in [-0.05, 0) is 58.9 Å². The number of hydrogen-bond donors (Lipinski definition) is 2. The van der Waals surface area contributed by atoms with Gasteiger partial charge in [-0.15, -0.1) is 24.0 Å². The summed E-state index contributed by atoms with van der Waals surface area (Å²) < 4.78 is 5.39. The van der Waals surface area contributed by atoms with Crippen LogP contribution < -0.4 is 15.5 Å². The van der Waals surface area contributed by atoms with Crippen LogP contribution in [0.4, 0.5) is 10.6 Å². The van der Waals surface area contributed by atoms with E-state index in [4.69, 9.17) is 9.73 Å². The molecular formula is C23H40IN7O2. The number of guanidine groups is 1. The molecule has 0 aromatic carbocycles. The van der Waals surface area contributed by atoms with Crippen LogP contribution in [0.3, 0.4) is 0 Å². The van der Waals surface area contributed by atoms with Crippen molar-refractivity contribution in [1.29, 1.82) is 0 Å². The number of likely N-dealkylation sites (tertiary alicyclic amines) is 1.